The van der Waals surface area contributed by atoms with Gasteiger partial charge in [-0.05, 0) is 0 Å². The summed E-state index contributed by atoms with van der Waals surface area (Å²) in [6, 6.07) is 9.68. The van der Waals surface area contributed by atoms with Gasteiger partial charge in [0.05, 0.1) is 11.7 Å². The molecule has 1 heterocycles. The molecular weight excluding hydrogens is 194 g/mol. The Balaban J connectivity index is 2.29. The maximum atomic E-state index is 5.82. The zero-order chi connectivity index (χ0) is 9.80. The zero-order valence-corrected chi connectivity index (χ0v) is 8.24. The monoisotopic (exact) mass is 203 g/mol. The van der Waals surface area contributed by atoms with Gasteiger partial charge in [-0.3, -0.25) is 4.98 Å². The van der Waals surface area contributed by atoms with Crippen LogP contribution in [0, 0.1) is 0 Å². The van der Waals surface area contributed by atoms with Crippen LogP contribution < -0.4 is 5.73 Å². The number of rotatable bonds is 2. The molecule has 4 heteroatoms. The highest BCUT2D eigenvalue weighted by atomic mass is 32.1. The van der Waals surface area contributed by atoms with Gasteiger partial charge >= 0.3 is 0 Å². The van der Waals surface area contributed by atoms with E-state index in [1.807, 2.05) is 30.3 Å². The van der Waals surface area contributed by atoms with Gasteiger partial charge in [-0.25, -0.2) is 4.99 Å². The quantitative estimate of drug-likeness (QED) is 0.600. The van der Waals surface area contributed by atoms with Crippen molar-refractivity contribution in [2.75, 3.05) is 0 Å². The average molecular weight is 203 g/mol. The van der Waals surface area contributed by atoms with E-state index < -0.39 is 0 Å². The van der Waals surface area contributed by atoms with Gasteiger partial charge in [0.2, 0.25) is 0 Å². The Morgan fingerprint density at radius 3 is 2.71 bits per heavy atom. The van der Waals surface area contributed by atoms with E-state index in [0.717, 1.165) is 10.6 Å². The van der Waals surface area contributed by atoms with Gasteiger partial charge in [-0.2, -0.15) is 0 Å². The molecule has 0 aliphatic heterocycles. The van der Waals surface area contributed by atoms with Crippen LogP contribution in [0.3, 0.4) is 0 Å². The van der Waals surface area contributed by atoms with Crippen LogP contribution in [-0.4, -0.2) is 10.8 Å². The first kappa shape index (κ1) is 8.90. The molecule has 70 valence electrons. The zero-order valence-electron chi connectivity index (χ0n) is 7.42. The van der Waals surface area contributed by atoms with E-state index in [1.165, 1.54) is 11.3 Å². The molecule has 3 nitrogen and oxygen atoms in total. The Kier molecular flexibility index (Phi) is 2.55. The first-order valence-electron chi connectivity index (χ1n) is 4.14. The van der Waals surface area contributed by atoms with Gasteiger partial charge in [-0.15, -0.1) is 11.3 Å². The molecule has 14 heavy (non-hydrogen) atoms. The van der Waals surface area contributed by atoms with Crippen LogP contribution in [0.25, 0.3) is 0 Å². The van der Waals surface area contributed by atoms with Crippen molar-refractivity contribution in [3.63, 3.8) is 0 Å². The maximum absolute atomic E-state index is 5.82. The summed E-state index contributed by atoms with van der Waals surface area (Å²) in [7, 11) is 0. The number of hydrogen-bond donors (Lipinski definition) is 1. The summed E-state index contributed by atoms with van der Waals surface area (Å²) in [6.45, 7) is 0. The molecule has 0 aliphatic rings. The summed E-state index contributed by atoms with van der Waals surface area (Å²) >= 11 is 1.47. The fraction of sp³-hybridized carbons (Fsp3) is 0. The van der Waals surface area contributed by atoms with Crippen molar-refractivity contribution in [2.45, 2.75) is 0 Å². The van der Waals surface area contributed by atoms with Crippen molar-refractivity contribution < 1.29 is 0 Å². The highest BCUT2D eigenvalue weighted by Gasteiger charge is 1.97. The van der Waals surface area contributed by atoms with Crippen molar-refractivity contribution >= 4 is 22.2 Å². The van der Waals surface area contributed by atoms with E-state index in [0.29, 0.717) is 5.84 Å². The summed E-state index contributed by atoms with van der Waals surface area (Å²) in [4.78, 5) is 8.16. The van der Waals surface area contributed by atoms with Crippen molar-refractivity contribution in [3.8, 4) is 0 Å². The van der Waals surface area contributed by atoms with Crippen LogP contribution in [-0.2, 0) is 0 Å². The second kappa shape index (κ2) is 4.02. The summed E-state index contributed by atoms with van der Waals surface area (Å²) in [5, 5.41) is 0.825. The van der Waals surface area contributed by atoms with Crippen LogP contribution >= 0.6 is 11.3 Å². The van der Waals surface area contributed by atoms with Gasteiger partial charge in [0, 0.05) is 5.56 Å². The molecule has 1 aromatic heterocycles. The number of nitrogens with zero attached hydrogens (tertiary/aromatic N) is 2. The lowest BCUT2D eigenvalue weighted by Gasteiger charge is -1.97. The van der Waals surface area contributed by atoms with Crippen LogP contribution in [0.1, 0.15) is 5.56 Å². The maximum Gasteiger partial charge on any atom is 0.138 e. The average Bonchev–Trinajstić information content (AvgIpc) is 2.72. The Morgan fingerprint density at radius 2 is 2.07 bits per heavy atom. The van der Waals surface area contributed by atoms with E-state index in [-0.39, 0.29) is 0 Å². The lowest BCUT2D eigenvalue weighted by Crippen LogP contribution is -2.12. The number of nitrogens with two attached hydrogens (primary N) is 1. The fourth-order valence-corrected chi connectivity index (χ4v) is 1.56. The summed E-state index contributed by atoms with van der Waals surface area (Å²) in [5.74, 6) is 0.523. The van der Waals surface area contributed by atoms with Crippen LogP contribution in [0.2, 0.25) is 0 Å². The molecule has 0 spiro atoms. The normalized spacial score (nSPS) is 11.6. The van der Waals surface area contributed by atoms with Gasteiger partial charge in [0.25, 0.3) is 0 Å². The molecule has 0 amide bonds. The molecule has 0 bridgehead atoms. The van der Waals surface area contributed by atoms with Gasteiger partial charge in [0.15, 0.2) is 0 Å². The molecule has 1 aromatic carbocycles. The largest absolute Gasteiger partial charge is 0.383 e. The highest BCUT2D eigenvalue weighted by Crippen LogP contribution is 2.17. The van der Waals surface area contributed by atoms with Crippen molar-refractivity contribution in [1.29, 1.82) is 0 Å². The number of benzene rings is 1. The topological polar surface area (TPSA) is 51.3 Å². The van der Waals surface area contributed by atoms with Gasteiger partial charge in [0.1, 0.15) is 10.8 Å². The van der Waals surface area contributed by atoms with Crippen molar-refractivity contribution in [1.82, 2.24) is 4.98 Å². The predicted octanol–water partition coefficient (Wildman–Crippen LogP) is 2.18. The van der Waals surface area contributed by atoms with Gasteiger partial charge < -0.3 is 5.73 Å². The second-order valence-corrected chi connectivity index (χ2v) is 3.57. The SMILES string of the molecule is NC(=Nc1cncs1)c1ccccc1. The highest BCUT2D eigenvalue weighted by molar-refractivity contribution is 7.13. The van der Waals surface area contributed by atoms with E-state index in [9.17, 15) is 0 Å². The van der Waals surface area contributed by atoms with Crippen LogP contribution in [0.15, 0.2) is 47.0 Å². The summed E-state index contributed by atoms with van der Waals surface area (Å²) in [6.07, 6.45) is 1.69. The second-order valence-electron chi connectivity index (χ2n) is 2.70. The first-order chi connectivity index (χ1) is 6.86. The minimum atomic E-state index is 0.523. The van der Waals surface area contributed by atoms with Crippen LogP contribution in [0.5, 0.6) is 0 Å². The number of aliphatic imine (C=N–C) groups is 1. The molecule has 2 rings (SSSR count). The Morgan fingerprint density at radius 1 is 1.29 bits per heavy atom. The summed E-state index contributed by atoms with van der Waals surface area (Å²) < 4.78 is 0. The molecule has 0 saturated heterocycles. The molecule has 0 unspecified atom stereocenters. The van der Waals surface area contributed by atoms with Crippen molar-refractivity contribution in [2.24, 2.45) is 10.7 Å². The third-order valence-corrected chi connectivity index (χ3v) is 2.38. The smallest absolute Gasteiger partial charge is 0.138 e. The molecule has 0 aliphatic carbocycles. The minimum Gasteiger partial charge on any atom is -0.383 e. The van der Waals surface area contributed by atoms with E-state index in [4.69, 9.17) is 5.73 Å². The lowest BCUT2D eigenvalue weighted by atomic mass is 10.2. The minimum absolute atomic E-state index is 0.523. The Bertz CT molecular complexity index is 420. The molecular formula is C10H9N3S. The fourth-order valence-electron chi connectivity index (χ4n) is 1.06. The van der Waals surface area contributed by atoms with E-state index in [1.54, 1.807) is 11.7 Å². The standard InChI is InChI=1S/C10H9N3S/c11-10(8-4-2-1-3-5-8)13-9-6-12-7-14-9/h1-7H,(H2,11,13). The third kappa shape index (κ3) is 1.97. The molecule has 0 saturated carbocycles. The number of hydrogen-bond acceptors (Lipinski definition) is 3. The third-order valence-electron chi connectivity index (χ3n) is 1.72. The molecule has 0 fully saturated rings. The number of thiazole rings is 1. The Labute approximate surface area is 85.9 Å². The van der Waals surface area contributed by atoms with Gasteiger partial charge in [-0.1, -0.05) is 30.3 Å². The molecule has 2 N–H and O–H groups in total. The Hall–Kier alpha value is -1.68. The van der Waals surface area contributed by atoms with E-state index >= 15 is 0 Å². The molecule has 0 radical (unpaired) electrons. The van der Waals surface area contributed by atoms with Crippen LogP contribution in [0.4, 0.5) is 5.00 Å². The molecule has 2 aromatic rings. The summed E-state index contributed by atoms with van der Waals surface area (Å²) in [5.41, 5.74) is 8.48. The van der Waals surface area contributed by atoms with Crippen molar-refractivity contribution in [3.05, 3.63) is 47.6 Å². The van der Waals surface area contributed by atoms with E-state index in [2.05, 4.69) is 9.98 Å². The first-order valence-corrected chi connectivity index (χ1v) is 5.02. The molecule has 0 atom stereocenters. The lowest BCUT2D eigenvalue weighted by molar-refractivity contribution is 1.40. The predicted molar refractivity (Wildman–Crippen MR) is 58.9 cm³/mol. The number of amidine groups is 1. The number of aromatic nitrogens is 1.